The van der Waals surface area contributed by atoms with Gasteiger partial charge in [-0.05, 0) is 48.5 Å². The standard InChI is InChI=1S/C21H17ClN4O6/c22-14-5-8-17(26(30)31)16(12-14)20(28)25-15-6-3-13(4-7-15)19(27)23-9-10-24-21(29)18-2-1-11-32-18/h1-8,11-12H,9-10H2,(H,23,27)(H,24,29)(H,25,28). The zero-order valence-corrected chi connectivity index (χ0v) is 17.2. The van der Waals surface area contributed by atoms with Gasteiger partial charge in [-0.1, -0.05) is 11.6 Å². The van der Waals surface area contributed by atoms with Crippen molar-refractivity contribution in [2.24, 2.45) is 0 Å². The molecular formula is C21H17ClN4O6. The van der Waals surface area contributed by atoms with Crippen LogP contribution in [-0.2, 0) is 0 Å². The molecule has 1 heterocycles. The average molecular weight is 457 g/mol. The Bertz CT molecular complexity index is 1150. The Hall–Kier alpha value is -4.18. The SMILES string of the molecule is O=C(NCCNC(=O)c1ccco1)c1ccc(NC(=O)c2cc(Cl)ccc2[N+](=O)[O-])cc1. The summed E-state index contributed by atoms with van der Waals surface area (Å²) < 4.78 is 4.96. The molecule has 0 saturated carbocycles. The molecule has 2 aromatic carbocycles. The van der Waals surface area contributed by atoms with Crippen molar-refractivity contribution in [3.63, 3.8) is 0 Å². The maximum absolute atomic E-state index is 12.4. The zero-order chi connectivity index (χ0) is 23.1. The molecule has 0 aliphatic heterocycles. The van der Waals surface area contributed by atoms with Crippen molar-refractivity contribution in [1.82, 2.24) is 10.6 Å². The number of halogens is 1. The van der Waals surface area contributed by atoms with Crippen molar-refractivity contribution in [2.45, 2.75) is 0 Å². The fraction of sp³-hybridized carbons (Fsp3) is 0.0952. The van der Waals surface area contributed by atoms with Crippen LogP contribution in [0.2, 0.25) is 5.02 Å². The summed E-state index contributed by atoms with van der Waals surface area (Å²) in [5, 5.41) is 19.1. The van der Waals surface area contributed by atoms with Gasteiger partial charge in [0.15, 0.2) is 5.76 Å². The molecule has 3 amide bonds. The molecule has 32 heavy (non-hydrogen) atoms. The molecule has 3 aromatic rings. The van der Waals surface area contributed by atoms with Crippen LogP contribution in [0, 0.1) is 10.1 Å². The van der Waals surface area contributed by atoms with E-state index in [1.807, 2.05) is 0 Å². The predicted molar refractivity (Wildman–Crippen MR) is 116 cm³/mol. The number of amides is 3. The number of nitro benzene ring substituents is 1. The largest absolute Gasteiger partial charge is 0.459 e. The minimum atomic E-state index is -0.705. The van der Waals surface area contributed by atoms with Gasteiger partial charge in [0.25, 0.3) is 23.4 Å². The summed E-state index contributed by atoms with van der Waals surface area (Å²) in [5.74, 6) is -1.29. The first-order chi connectivity index (χ1) is 15.3. The number of carbonyl (C=O) groups excluding carboxylic acids is 3. The van der Waals surface area contributed by atoms with Gasteiger partial charge in [0.2, 0.25) is 0 Å². The highest BCUT2D eigenvalue weighted by molar-refractivity contribution is 6.31. The Labute approximate surface area is 186 Å². The number of furan rings is 1. The first-order valence-electron chi connectivity index (χ1n) is 9.30. The van der Waals surface area contributed by atoms with E-state index in [0.29, 0.717) is 11.3 Å². The quantitative estimate of drug-likeness (QED) is 0.269. The van der Waals surface area contributed by atoms with Gasteiger partial charge in [-0.25, -0.2) is 0 Å². The molecule has 0 radical (unpaired) electrons. The molecule has 0 fully saturated rings. The summed E-state index contributed by atoms with van der Waals surface area (Å²) in [5.41, 5.74) is 0.114. The molecule has 0 atom stereocenters. The summed E-state index contributed by atoms with van der Waals surface area (Å²) in [7, 11) is 0. The molecule has 3 rings (SSSR count). The third kappa shape index (κ3) is 5.70. The molecule has 10 nitrogen and oxygen atoms in total. The second kappa shape index (κ2) is 10.2. The van der Waals surface area contributed by atoms with Crippen molar-refractivity contribution >= 4 is 40.7 Å². The first kappa shape index (κ1) is 22.5. The molecule has 164 valence electrons. The highest BCUT2D eigenvalue weighted by atomic mass is 35.5. The highest BCUT2D eigenvalue weighted by Gasteiger charge is 2.20. The molecule has 0 bridgehead atoms. The topological polar surface area (TPSA) is 144 Å². The number of nitro groups is 1. The lowest BCUT2D eigenvalue weighted by Crippen LogP contribution is -2.34. The second-order valence-corrected chi connectivity index (χ2v) is 6.88. The fourth-order valence-electron chi connectivity index (χ4n) is 2.70. The molecule has 0 unspecified atom stereocenters. The smallest absolute Gasteiger partial charge is 0.287 e. The summed E-state index contributed by atoms with van der Waals surface area (Å²) >= 11 is 5.84. The van der Waals surface area contributed by atoms with Gasteiger partial charge < -0.3 is 20.4 Å². The van der Waals surface area contributed by atoms with Crippen LogP contribution in [0.1, 0.15) is 31.3 Å². The Balaban J connectivity index is 1.53. The highest BCUT2D eigenvalue weighted by Crippen LogP contribution is 2.24. The van der Waals surface area contributed by atoms with Gasteiger partial charge in [0.05, 0.1) is 11.2 Å². The lowest BCUT2D eigenvalue weighted by molar-refractivity contribution is -0.385. The summed E-state index contributed by atoms with van der Waals surface area (Å²) in [6, 6.07) is 12.8. The van der Waals surface area contributed by atoms with Crippen molar-refractivity contribution in [1.29, 1.82) is 0 Å². The number of rotatable bonds is 8. The third-order valence-corrected chi connectivity index (χ3v) is 4.48. The Morgan fingerprint density at radius 2 is 1.62 bits per heavy atom. The Morgan fingerprint density at radius 3 is 2.25 bits per heavy atom. The van der Waals surface area contributed by atoms with Crippen LogP contribution in [0.3, 0.4) is 0 Å². The summed E-state index contributed by atoms with van der Waals surface area (Å²) in [4.78, 5) is 46.8. The van der Waals surface area contributed by atoms with E-state index in [-0.39, 0.29) is 46.9 Å². The molecule has 0 aliphatic carbocycles. The van der Waals surface area contributed by atoms with Crippen LogP contribution in [0.5, 0.6) is 0 Å². The van der Waals surface area contributed by atoms with Gasteiger partial charge in [-0.15, -0.1) is 0 Å². The monoisotopic (exact) mass is 456 g/mol. The molecule has 0 spiro atoms. The van der Waals surface area contributed by atoms with Gasteiger partial charge in [-0.2, -0.15) is 0 Å². The Morgan fingerprint density at radius 1 is 0.938 bits per heavy atom. The molecule has 0 aliphatic rings. The van der Waals surface area contributed by atoms with E-state index >= 15 is 0 Å². The first-order valence-corrected chi connectivity index (χ1v) is 9.68. The predicted octanol–water partition coefficient (Wildman–Crippen LogP) is 3.25. The molecule has 3 N–H and O–H groups in total. The lowest BCUT2D eigenvalue weighted by atomic mass is 10.1. The van der Waals surface area contributed by atoms with E-state index < -0.39 is 10.8 Å². The van der Waals surface area contributed by atoms with Crippen LogP contribution >= 0.6 is 11.6 Å². The van der Waals surface area contributed by atoms with Crippen molar-refractivity contribution in [3.05, 3.63) is 92.9 Å². The van der Waals surface area contributed by atoms with Gasteiger partial charge in [0.1, 0.15) is 5.56 Å². The maximum Gasteiger partial charge on any atom is 0.287 e. The van der Waals surface area contributed by atoms with Crippen molar-refractivity contribution in [3.8, 4) is 0 Å². The average Bonchev–Trinajstić information content (AvgIpc) is 3.31. The Kier molecular flexibility index (Phi) is 7.19. The molecular weight excluding hydrogens is 440 g/mol. The number of hydrogen-bond acceptors (Lipinski definition) is 6. The third-order valence-electron chi connectivity index (χ3n) is 4.25. The van der Waals surface area contributed by atoms with Gasteiger partial charge in [0, 0.05) is 35.4 Å². The van der Waals surface area contributed by atoms with Gasteiger partial charge >= 0.3 is 0 Å². The summed E-state index contributed by atoms with van der Waals surface area (Å²) in [6.45, 7) is 0.403. The fourth-order valence-corrected chi connectivity index (χ4v) is 2.87. The van der Waals surface area contributed by atoms with Crippen LogP contribution in [-0.4, -0.2) is 35.7 Å². The van der Waals surface area contributed by atoms with Crippen molar-refractivity contribution < 1.29 is 23.7 Å². The number of benzene rings is 2. The summed E-state index contributed by atoms with van der Waals surface area (Å²) in [6.07, 6.45) is 1.39. The lowest BCUT2D eigenvalue weighted by Gasteiger charge is -2.09. The minimum Gasteiger partial charge on any atom is -0.459 e. The number of carbonyl (C=O) groups is 3. The second-order valence-electron chi connectivity index (χ2n) is 6.44. The molecule has 1 aromatic heterocycles. The van der Waals surface area contributed by atoms with Gasteiger partial charge in [-0.3, -0.25) is 24.5 Å². The normalized spacial score (nSPS) is 10.3. The van der Waals surface area contributed by atoms with Crippen LogP contribution in [0.4, 0.5) is 11.4 Å². The number of nitrogens with zero attached hydrogens (tertiary/aromatic N) is 1. The number of anilines is 1. The molecule has 11 heteroatoms. The van der Waals surface area contributed by atoms with E-state index in [0.717, 1.165) is 6.07 Å². The van der Waals surface area contributed by atoms with E-state index in [9.17, 15) is 24.5 Å². The maximum atomic E-state index is 12.4. The van der Waals surface area contributed by atoms with Crippen LogP contribution in [0.25, 0.3) is 0 Å². The van der Waals surface area contributed by atoms with Crippen molar-refractivity contribution in [2.75, 3.05) is 18.4 Å². The van der Waals surface area contributed by atoms with E-state index in [2.05, 4.69) is 16.0 Å². The van der Waals surface area contributed by atoms with E-state index in [1.54, 1.807) is 6.07 Å². The van der Waals surface area contributed by atoms with Crippen LogP contribution < -0.4 is 16.0 Å². The number of hydrogen-bond donors (Lipinski definition) is 3. The van der Waals surface area contributed by atoms with E-state index in [4.69, 9.17) is 16.0 Å². The molecule has 0 saturated heterocycles. The van der Waals surface area contributed by atoms with E-state index in [1.165, 1.54) is 48.7 Å². The number of nitrogens with one attached hydrogen (secondary N) is 3. The van der Waals surface area contributed by atoms with Crippen LogP contribution in [0.15, 0.2) is 65.3 Å². The zero-order valence-electron chi connectivity index (χ0n) is 16.5. The minimum absolute atomic E-state index is 0.178.